The van der Waals surface area contributed by atoms with Crippen molar-refractivity contribution in [3.63, 3.8) is 0 Å². The predicted octanol–water partition coefficient (Wildman–Crippen LogP) is 3.82. The summed E-state index contributed by atoms with van der Waals surface area (Å²) in [6, 6.07) is 8.86. The molecule has 1 amide bonds. The molecule has 0 fully saturated rings. The van der Waals surface area contributed by atoms with E-state index >= 15 is 0 Å². The van der Waals surface area contributed by atoms with Crippen LogP contribution < -0.4 is 10.9 Å². The molecule has 0 unspecified atom stereocenters. The van der Waals surface area contributed by atoms with E-state index in [0.29, 0.717) is 10.2 Å². The molecule has 4 aromatic rings. The maximum Gasteiger partial charge on any atom is 0.272 e. The molecule has 27 heavy (non-hydrogen) atoms. The van der Waals surface area contributed by atoms with Crippen LogP contribution in [0.3, 0.4) is 0 Å². The first-order valence-electron chi connectivity index (χ1n) is 8.59. The number of thiophene rings is 1. The van der Waals surface area contributed by atoms with Crippen LogP contribution in [0.5, 0.6) is 0 Å². The SMILES string of the molecule is Cc1cccc(C)c1NC(=O)[C@H](C)n1cnc2c(sc3ncccc32)c1=O. The van der Waals surface area contributed by atoms with Crippen molar-refractivity contribution >= 4 is 43.4 Å². The average Bonchev–Trinajstić information content (AvgIpc) is 3.04. The molecule has 136 valence electrons. The van der Waals surface area contributed by atoms with Crippen molar-refractivity contribution in [1.29, 1.82) is 0 Å². The van der Waals surface area contributed by atoms with Gasteiger partial charge in [0, 0.05) is 17.3 Å². The zero-order valence-corrected chi connectivity index (χ0v) is 16.0. The fourth-order valence-corrected chi connectivity index (χ4v) is 4.16. The normalized spacial score (nSPS) is 12.4. The van der Waals surface area contributed by atoms with Crippen LogP contribution in [0.15, 0.2) is 47.7 Å². The Morgan fingerprint density at radius 1 is 1.15 bits per heavy atom. The van der Waals surface area contributed by atoms with Crippen LogP contribution >= 0.6 is 11.3 Å². The smallest absolute Gasteiger partial charge is 0.272 e. The van der Waals surface area contributed by atoms with Crippen molar-refractivity contribution in [3.05, 3.63) is 64.3 Å². The van der Waals surface area contributed by atoms with Crippen LogP contribution in [0.4, 0.5) is 5.69 Å². The van der Waals surface area contributed by atoms with Gasteiger partial charge < -0.3 is 5.32 Å². The Labute approximate surface area is 159 Å². The fourth-order valence-electron chi connectivity index (χ4n) is 3.12. The van der Waals surface area contributed by atoms with Crippen molar-refractivity contribution in [3.8, 4) is 0 Å². The zero-order valence-electron chi connectivity index (χ0n) is 15.2. The van der Waals surface area contributed by atoms with Crippen LogP contribution in [0, 0.1) is 13.8 Å². The number of amides is 1. The molecule has 4 rings (SSSR count). The number of aromatic nitrogens is 3. The molecule has 0 aliphatic carbocycles. The van der Waals surface area contributed by atoms with Gasteiger partial charge >= 0.3 is 0 Å². The minimum absolute atomic E-state index is 0.229. The number of hydrogen-bond donors (Lipinski definition) is 1. The third kappa shape index (κ3) is 2.90. The van der Waals surface area contributed by atoms with Crippen molar-refractivity contribution in [2.24, 2.45) is 0 Å². The lowest BCUT2D eigenvalue weighted by molar-refractivity contribution is -0.118. The van der Waals surface area contributed by atoms with Gasteiger partial charge in [-0.15, -0.1) is 11.3 Å². The van der Waals surface area contributed by atoms with Crippen molar-refractivity contribution in [2.45, 2.75) is 26.8 Å². The number of para-hydroxylation sites is 1. The lowest BCUT2D eigenvalue weighted by Gasteiger charge is -2.17. The Hall–Kier alpha value is -3.06. The van der Waals surface area contributed by atoms with Crippen LogP contribution in [0.2, 0.25) is 0 Å². The molecule has 0 aliphatic heterocycles. The summed E-state index contributed by atoms with van der Waals surface area (Å²) < 4.78 is 1.89. The van der Waals surface area contributed by atoms with Gasteiger partial charge in [-0.2, -0.15) is 0 Å². The number of carbonyl (C=O) groups is 1. The zero-order chi connectivity index (χ0) is 19.1. The first-order valence-corrected chi connectivity index (χ1v) is 9.40. The van der Waals surface area contributed by atoms with Crippen LogP contribution in [-0.2, 0) is 4.79 Å². The lowest BCUT2D eigenvalue weighted by Crippen LogP contribution is -2.31. The second-order valence-corrected chi connectivity index (χ2v) is 7.52. The minimum atomic E-state index is -0.688. The summed E-state index contributed by atoms with van der Waals surface area (Å²) in [6.07, 6.45) is 3.13. The second-order valence-electron chi connectivity index (χ2n) is 6.52. The van der Waals surface area contributed by atoms with Gasteiger partial charge in [-0.1, -0.05) is 18.2 Å². The molecule has 0 aliphatic rings. The van der Waals surface area contributed by atoms with E-state index in [1.54, 1.807) is 13.1 Å². The number of carbonyl (C=O) groups excluding carboxylic acids is 1. The van der Waals surface area contributed by atoms with Gasteiger partial charge in [0.15, 0.2) is 0 Å². The standard InChI is InChI=1S/C20H18N4O2S/c1-11-6-4-7-12(2)15(11)23-18(25)13(3)24-10-22-16-14-8-5-9-21-19(14)27-17(16)20(24)26/h4-10,13H,1-3H3,(H,23,25)/t13-/m0/s1. The van der Waals surface area contributed by atoms with Gasteiger partial charge in [-0.25, -0.2) is 9.97 Å². The highest BCUT2D eigenvalue weighted by Gasteiger charge is 2.20. The van der Waals surface area contributed by atoms with E-state index in [0.717, 1.165) is 27.0 Å². The highest BCUT2D eigenvalue weighted by molar-refractivity contribution is 7.25. The van der Waals surface area contributed by atoms with Gasteiger partial charge in [0.1, 0.15) is 15.6 Å². The van der Waals surface area contributed by atoms with Crippen molar-refractivity contribution < 1.29 is 4.79 Å². The number of nitrogens with one attached hydrogen (secondary N) is 1. The molecule has 0 bridgehead atoms. The van der Waals surface area contributed by atoms with Crippen molar-refractivity contribution in [2.75, 3.05) is 5.32 Å². The first-order chi connectivity index (χ1) is 13.0. The number of hydrogen-bond acceptors (Lipinski definition) is 5. The van der Waals surface area contributed by atoms with Gasteiger partial charge in [0.25, 0.3) is 5.56 Å². The van der Waals surface area contributed by atoms with Gasteiger partial charge in [-0.05, 0) is 44.0 Å². The van der Waals surface area contributed by atoms with E-state index in [1.807, 2.05) is 44.2 Å². The van der Waals surface area contributed by atoms with Crippen LogP contribution in [0.1, 0.15) is 24.1 Å². The Morgan fingerprint density at radius 3 is 2.63 bits per heavy atom. The molecular formula is C20H18N4O2S. The highest BCUT2D eigenvalue weighted by Crippen LogP contribution is 2.28. The quantitative estimate of drug-likeness (QED) is 0.588. The monoisotopic (exact) mass is 378 g/mol. The summed E-state index contributed by atoms with van der Waals surface area (Å²) in [5.41, 5.74) is 3.14. The number of fused-ring (bicyclic) bond motifs is 3. The molecule has 1 N–H and O–H groups in total. The third-order valence-corrected chi connectivity index (χ3v) is 5.80. The Balaban J connectivity index is 1.73. The van der Waals surface area contributed by atoms with Gasteiger partial charge in [0.05, 0.1) is 11.8 Å². The van der Waals surface area contributed by atoms with Crippen LogP contribution in [0.25, 0.3) is 20.4 Å². The molecule has 0 spiro atoms. The maximum atomic E-state index is 13.0. The molecule has 6 nitrogen and oxygen atoms in total. The molecular weight excluding hydrogens is 360 g/mol. The van der Waals surface area contributed by atoms with E-state index in [1.165, 1.54) is 22.2 Å². The molecule has 0 radical (unpaired) electrons. The summed E-state index contributed by atoms with van der Waals surface area (Å²) in [7, 11) is 0. The van der Waals surface area contributed by atoms with E-state index in [4.69, 9.17) is 0 Å². The van der Waals surface area contributed by atoms with Gasteiger partial charge in [0.2, 0.25) is 5.91 Å². The number of benzene rings is 1. The van der Waals surface area contributed by atoms with Crippen molar-refractivity contribution in [1.82, 2.24) is 14.5 Å². The maximum absolute atomic E-state index is 13.0. The van der Waals surface area contributed by atoms with E-state index in [-0.39, 0.29) is 11.5 Å². The largest absolute Gasteiger partial charge is 0.324 e. The lowest BCUT2D eigenvalue weighted by atomic mass is 10.1. The molecule has 7 heteroatoms. The molecule has 3 aromatic heterocycles. The first kappa shape index (κ1) is 17.4. The number of pyridine rings is 1. The molecule has 1 atom stereocenters. The fraction of sp³-hybridized carbons (Fsp3) is 0.200. The predicted molar refractivity (Wildman–Crippen MR) is 108 cm³/mol. The number of anilines is 1. The Kier molecular flexibility index (Phi) is 4.24. The minimum Gasteiger partial charge on any atom is -0.324 e. The van der Waals surface area contributed by atoms with Crippen LogP contribution in [-0.4, -0.2) is 20.4 Å². The number of aryl methyl sites for hydroxylation is 2. The molecule has 1 aromatic carbocycles. The summed E-state index contributed by atoms with van der Waals surface area (Å²) in [4.78, 5) is 35.2. The highest BCUT2D eigenvalue weighted by atomic mass is 32.1. The summed E-state index contributed by atoms with van der Waals surface area (Å²) >= 11 is 1.30. The van der Waals surface area contributed by atoms with E-state index in [2.05, 4.69) is 15.3 Å². The number of nitrogens with zero attached hydrogens (tertiary/aromatic N) is 3. The Bertz CT molecular complexity index is 1220. The summed E-state index contributed by atoms with van der Waals surface area (Å²) in [5.74, 6) is -0.255. The molecule has 3 heterocycles. The van der Waals surface area contributed by atoms with E-state index < -0.39 is 6.04 Å². The van der Waals surface area contributed by atoms with Gasteiger partial charge in [-0.3, -0.25) is 14.2 Å². The second kappa shape index (κ2) is 6.59. The summed E-state index contributed by atoms with van der Waals surface area (Å²) in [5, 5.41) is 3.80. The summed E-state index contributed by atoms with van der Waals surface area (Å²) in [6.45, 7) is 5.58. The Morgan fingerprint density at radius 2 is 1.89 bits per heavy atom. The van der Waals surface area contributed by atoms with E-state index in [9.17, 15) is 9.59 Å². The third-order valence-electron chi connectivity index (χ3n) is 4.71. The molecule has 0 saturated heterocycles. The molecule has 0 saturated carbocycles. The number of rotatable bonds is 3. The average molecular weight is 378 g/mol. The topological polar surface area (TPSA) is 76.9 Å².